The van der Waals surface area contributed by atoms with Gasteiger partial charge in [0.15, 0.2) is 0 Å². The third-order valence-electron chi connectivity index (χ3n) is 1.21. The minimum Gasteiger partial charge on any atom is -0.191 e. The van der Waals surface area contributed by atoms with Gasteiger partial charge in [-0.3, -0.25) is 0 Å². The van der Waals surface area contributed by atoms with Gasteiger partial charge in [-0.05, 0) is 12.1 Å². The van der Waals surface area contributed by atoms with Crippen molar-refractivity contribution in [1.29, 1.82) is 0 Å². The molecule has 0 saturated carbocycles. The second-order valence-electron chi connectivity index (χ2n) is 2.15. The first-order valence-electron chi connectivity index (χ1n) is 2.93. The summed E-state index contributed by atoms with van der Waals surface area (Å²) in [6, 6.07) is 2.28. The molecule has 0 fully saturated rings. The maximum Gasteiger partial charge on any atom is 0.327 e. The lowest BCUT2D eigenvalue weighted by molar-refractivity contribution is 0.414. The topological polar surface area (TPSA) is 54.0 Å². The maximum atomic E-state index is 10.6. The van der Waals surface area contributed by atoms with E-state index in [1.807, 2.05) is 0 Å². The van der Waals surface area contributed by atoms with Gasteiger partial charge in [0.2, 0.25) is 0 Å². The van der Waals surface area contributed by atoms with Crippen LogP contribution in [0.1, 0.15) is 0 Å². The number of rotatable bonds is 1. The van der Waals surface area contributed by atoms with Crippen LogP contribution in [0.2, 0.25) is 15.1 Å². The van der Waals surface area contributed by atoms with Crippen molar-refractivity contribution in [2.45, 2.75) is 4.90 Å². The van der Waals surface area contributed by atoms with Crippen molar-refractivity contribution in [3.05, 3.63) is 27.2 Å². The Balaban J connectivity index is 3.57. The van der Waals surface area contributed by atoms with Crippen LogP contribution in [0.15, 0.2) is 17.0 Å². The van der Waals surface area contributed by atoms with Gasteiger partial charge in [0.05, 0.1) is 10.0 Å². The van der Waals surface area contributed by atoms with Gasteiger partial charge in [-0.1, -0.05) is 39.4 Å². The quantitative estimate of drug-likeness (QED) is 0.779. The molecule has 0 amide bonds. The molecule has 0 heterocycles. The SMILES string of the molecule is [O]S(=O)(=O)c1c(Cl)cc(Cl)cc1Cl. The van der Waals surface area contributed by atoms with Gasteiger partial charge >= 0.3 is 10.1 Å². The average molecular weight is 261 g/mol. The molecule has 1 rings (SSSR count). The predicted molar refractivity (Wildman–Crippen MR) is 49.3 cm³/mol. The Hall–Kier alpha value is -0.000000000000000111. The highest BCUT2D eigenvalue weighted by atomic mass is 35.5. The van der Waals surface area contributed by atoms with E-state index < -0.39 is 15.0 Å². The van der Waals surface area contributed by atoms with Crippen LogP contribution in [-0.2, 0) is 14.7 Å². The molecule has 1 aromatic carbocycles. The van der Waals surface area contributed by atoms with E-state index in [1.165, 1.54) is 0 Å². The lowest BCUT2D eigenvalue weighted by Gasteiger charge is -2.02. The fourth-order valence-corrected chi connectivity index (χ4v) is 2.75. The highest BCUT2D eigenvalue weighted by molar-refractivity contribution is 7.85. The Morgan fingerprint density at radius 2 is 1.38 bits per heavy atom. The third kappa shape index (κ3) is 2.48. The summed E-state index contributed by atoms with van der Waals surface area (Å²) >= 11 is 16.4. The van der Waals surface area contributed by atoms with Crippen LogP contribution in [0, 0.1) is 0 Å². The van der Waals surface area contributed by atoms with Crippen LogP contribution in [0.25, 0.3) is 0 Å². The van der Waals surface area contributed by atoms with Crippen molar-refractivity contribution in [3.63, 3.8) is 0 Å². The normalized spacial score (nSPS) is 11.7. The van der Waals surface area contributed by atoms with E-state index in [0.717, 1.165) is 12.1 Å². The van der Waals surface area contributed by atoms with Crippen LogP contribution >= 0.6 is 34.8 Å². The highest BCUT2D eigenvalue weighted by Crippen LogP contribution is 2.32. The van der Waals surface area contributed by atoms with Gasteiger partial charge < -0.3 is 0 Å². The molecule has 1 aromatic rings. The fraction of sp³-hybridized carbons (Fsp3) is 0. The number of hydrogen-bond acceptors (Lipinski definition) is 2. The molecule has 0 atom stereocenters. The highest BCUT2D eigenvalue weighted by Gasteiger charge is 2.21. The Morgan fingerprint density at radius 1 is 1.00 bits per heavy atom. The molecule has 0 aliphatic heterocycles. The van der Waals surface area contributed by atoms with Crippen molar-refractivity contribution in [2.24, 2.45) is 0 Å². The molecular weight excluding hydrogens is 258 g/mol. The summed E-state index contributed by atoms with van der Waals surface area (Å²) in [5.41, 5.74) is 0. The lowest BCUT2D eigenvalue weighted by Crippen LogP contribution is -1.98. The summed E-state index contributed by atoms with van der Waals surface area (Å²) in [6.45, 7) is 0. The first kappa shape index (κ1) is 11.1. The number of benzene rings is 1. The summed E-state index contributed by atoms with van der Waals surface area (Å²) in [4.78, 5) is -0.639. The molecule has 0 aliphatic rings. The molecule has 13 heavy (non-hydrogen) atoms. The van der Waals surface area contributed by atoms with Gasteiger partial charge in [0.1, 0.15) is 4.90 Å². The minimum atomic E-state index is -4.65. The van der Waals surface area contributed by atoms with Gasteiger partial charge in [-0.15, -0.1) is 0 Å². The van der Waals surface area contributed by atoms with Crippen molar-refractivity contribution in [3.8, 4) is 0 Å². The molecule has 71 valence electrons. The van der Waals surface area contributed by atoms with E-state index in [0.29, 0.717) is 0 Å². The minimum absolute atomic E-state index is 0.169. The Kier molecular flexibility index (Phi) is 3.09. The second-order valence-corrected chi connectivity index (χ2v) is 4.72. The predicted octanol–water partition coefficient (Wildman–Crippen LogP) is 2.77. The number of hydrogen-bond donors (Lipinski definition) is 0. The van der Waals surface area contributed by atoms with Crippen LogP contribution in [0.3, 0.4) is 0 Å². The fourth-order valence-electron chi connectivity index (χ4n) is 0.768. The third-order valence-corrected chi connectivity index (χ3v) is 3.19. The second kappa shape index (κ2) is 3.63. The summed E-state index contributed by atoms with van der Waals surface area (Å²) in [5.74, 6) is 0. The zero-order valence-corrected chi connectivity index (χ0v) is 9.01. The van der Waals surface area contributed by atoms with Crippen molar-refractivity contribution in [1.82, 2.24) is 0 Å². The Labute approximate surface area is 90.0 Å². The molecule has 1 radical (unpaired) electrons. The molecule has 0 aromatic heterocycles. The van der Waals surface area contributed by atoms with Gasteiger partial charge in [0.25, 0.3) is 0 Å². The van der Waals surface area contributed by atoms with Crippen LogP contribution in [-0.4, -0.2) is 8.42 Å². The van der Waals surface area contributed by atoms with Crippen molar-refractivity contribution >= 4 is 44.9 Å². The van der Waals surface area contributed by atoms with E-state index in [4.69, 9.17) is 34.8 Å². The monoisotopic (exact) mass is 259 g/mol. The zero-order valence-electron chi connectivity index (χ0n) is 5.92. The maximum absolute atomic E-state index is 10.6. The summed E-state index contributed by atoms with van der Waals surface area (Å²) in [5, 5.41) is -0.373. The summed E-state index contributed by atoms with van der Waals surface area (Å²) in [7, 11) is -4.65. The molecule has 7 heteroatoms. The van der Waals surface area contributed by atoms with Gasteiger partial charge in [-0.25, -0.2) is 0 Å². The summed E-state index contributed by atoms with van der Waals surface area (Å²) < 4.78 is 31.9. The Morgan fingerprint density at radius 3 is 1.69 bits per heavy atom. The van der Waals surface area contributed by atoms with E-state index in [-0.39, 0.29) is 15.1 Å². The molecule has 0 spiro atoms. The zero-order chi connectivity index (χ0) is 10.2. The molecule has 0 bridgehead atoms. The van der Waals surface area contributed by atoms with E-state index in [2.05, 4.69) is 0 Å². The van der Waals surface area contributed by atoms with E-state index in [9.17, 15) is 13.0 Å². The first-order chi connectivity index (χ1) is 5.82. The molecule has 0 aliphatic carbocycles. The molecule has 0 N–H and O–H groups in total. The smallest absolute Gasteiger partial charge is 0.191 e. The molecular formula is C6H2Cl3O3S. The largest absolute Gasteiger partial charge is 0.327 e. The standard InChI is InChI=1S/C6H2Cl3O3S/c7-3-1-4(8)6(5(9)2-3)13(10,11)12/h1-2H. The molecule has 0 unspecified atom stereocenters. The van der Waals surface area contributed by atoms with Crippen LogP contribution in [0.4, 0.5) is 0 Å². The first-order valence-corrected chi connectivity index (χ1v) is 5.47. The molecule has 3 nitrogen and oxygen atoms in total. The van der Waals surface area contributed by atoms with Gasteiger partial charge in [0, 0.05) is 5.02 Å². The van der Waals surface area contributed by atoms with Gasteiger partial charge in [-0.2, -0.15) is 8.42 Å². The number of halogens is 3. The van der Waals surface area contributed by atoms with Crippen LogP contribution in [0.5, 0.6) is 0 Å². The van der Waals surface area contributed by atoms with E-state index >= 15 is 0 Å². The van der Waals surface area contributed by atoms with Crippen LogP contribution < -0.4 is 0 Å². The lowest BCUT2D eigenvalue weighted by atomic mass is 10.4. The Bertz CT molecular complexity index is 417. The molecule has 0 saturated heterocycles. The van der Waals surface area contributed by atoms with Crippen molar-refractivity contribution in [2.75, 3.05) is 0 Å². The average Bonchev–Trinajstić information content (AvgIpc) is 1.78. The summed E-state index contributed by atoms with van der Waals surface area (Å²) in [6.07, 6.45) is 0. The van der Waals surface area contributed by atoms with Crippen molar-refractivity contribution < 1.29 is 13.0 Å². The van der Waals surface area contributed by atoms with E-state index in [1.54, 1.807) is 0 Å².